The molecule has 0 unspecified atom stereocenters. The van der Waals surface area contributed by atoms with E-state index in [0.29, 0.717) is 23.7 Å². The van der Waals surface area contributed by atoms with Crippen molar-refractivity contribution in [2.45, 2.75) is 6.42 Å². The lowest BCUT2D eigenvalue weighted by molar-refractivity contribution is -0.117. The van der Waals surface area contributed by atoms with Gasteiger partial charge < -0.3 is 20.7 Å². The zero-order valence-corrected chi connectivity index (χ0v) is 10.1. The maximum Gasteiger partial charge on any atom is 0.240 e. The molecule has 3 N–H and O–H groups in total. The van der Waals surface area contributed by atoms with Crippen LogP contribution in [0.5, 0.6) is 5.75 Å². The van der Waals surface area contributed by atoms with Gasteiger partial charge in [0.15, 0.2) is 0 Å². The fourth-order valence-corrected chi connectivity index (χ4v) is 1.88. The van der Waals surface area contributed by atoms with Crippen molar-refractivity contribution in [3.63, 3.8) is 0 Å². The number of amides is 2. The number of benzene rings is 1. The van der Waals surface area contributed by atoms with Crippen LogP contribution in [-0.4, -0.2) is 32.0 Å². The predicted octanol–water partition coefficient (Wildman–Crippen LogP) is 0.329. The lowest BCUT2D eigenvalue weighted by Crippen LogP contribution is -2.36. The zero-order chi connectivity index (χ0) is 13.1. The van der Waals surface area contributed by atoms with E-state index >= 15 is 0 Å². The summed E-state index contributed by atoms with van der Waals surface area (Å²) in [6.07, 6.45) is 0.253. The first-order valence-corrected chi connectivity index (χ1v) is 5.64. The van der Waals surface area contributed by atoms with E-state index in [1.165, 1.54) is 4.90 Å². The standard InChI is InChI=1S/C12H15N3O3/c1-18-8-2-3-9-10(6-8)15(12(17)7-13)5-4-11(16)14-9/h2-3,6H,4-5,7,13H2,1H3,(H,14,16). The average Bonchev–Trinajstić information content (AvgIpc) is 2.55. The van der Waals surface area contributed by atoms with Crippen molar-refractivity contribution < 1.29 is 14.3 Å². The van der Waals surface area contributed by atoms with Crippen LogP contribution in [0.4, 0.5) is 11.4 Å². The van der Waals surface area contributed by atoms with Gasteiger partial charge >= 0.3 is 0 Å². The van der Waals surface area contributed by atoms with E-state index in [4.69, 9.17) is 10.5 Å². The number of hydrogen-bond donors (Lipinski definition) is 2. The van der Waals surface area contributed by atoms with Crippen LogP contribution in [0.3, 0.4) is 0 Å². The largest absolute Gasteiger partial charge is 0.497 e. The number of carbonyl (C=O) groups is 2. The number of nitrogens with two attached hydrogens (primary N) is 1. The van der Waals surface area contributed by atoms with Gasteiger partial charge in [-0.2, -0.15) is 0 Å². The Labute approximate surface area is 105 Å². The molecule has 1 aromatic carbocycles. The molecular weight excluding hydrogens is 234 g/mol. The highest BCUT2D eigenvalue weighted by Gasteiger charge is 2.23. The van der Waals surface area contributed by atoms with Crippen LogP contribution in [0.2, 0.25) is 0 Å². The molecule has 6 heteroatoms. The van der Waals surface area contributed by atoms with E-state index < -0.39 is 0 Å². The summed E-state index contributed by atoms with van der Waals surface area (Å²) in [5.74, 6) is 0.287. The maximum absolute atomic E-state index is 11.8. The Balaban J connectivity index is 2.47. The fraction of sp³-hybridized carbons (Fsp3) is 0.333. The van der Waals surface area contributed by atoms with E-state index in [1.807, 2.05) is 0 Å². The summed E-state index contributed by atoms with van der Waals surface area (Å²) in [4.78, 5) is 24.9. The van der Waals surface area contributed by atoms with Gasteiger partial charge in [0.05, 0.1) is 25.0 Å². The van der Waals surface area contributed by atoms with Crippen LogP contribution in [0.15, 0.2) is 18.2 Å². The van der Waals surface area contributed by atoms with E-state index in [-0.39, 0.29) is 24.8 Å². The van der Waals surface area contributed by atoms with Gasteiger partial charge in [-0.15, -0.1) is 0 Å². The Kier molecular flexibility index (Phi) is 3.47. The lowest BCUT2D eigenvalue weighted by atomic mass is 10.2. The first-order chi connectivity index (χ1) is 8.65. The Hall–Kier alpha value is -2.08. The van der Waals surface area contributed by atoms with Crippen molar-refractivity contribution in [1.29, 1.82) is 0 Å². The highest BCUT2D eigenvalue weighted by Crippen LogP contribution is 2.32. The first kappa shape index (κ1) is 12.4. The van der Waals surface area contributed by atoms with Crippen LogP contribution < -0.4 is 20.7 Å². The highest BCUT2D eigenvalue weighted by molar-refractivity contribution is 6.04. The second-order valence-electron chi connectivity index (χ2n) is 3.93. The molecule has 96 valence electrons. The summed E-state index contributed by atoms with van der Waals surface area (Å²) in [5.41, 5.74) is 6.61. The van der Waals surface area contributed by atoms with Gasteiger partial charge in [0.2, 0.25) is 11.8 Å². The van der Waals surface area contributed by atoms with Gasteiger partial charge in [-0.1, -0.05) is 0 Å². The second kappa shape index (κ2) is 5.05. The predicted molar refractivity (Wildman–Crippen MR) is 67.6 cm³/mol. The van der Waals surface area contributed by atoms with E-state index in [2.05, 4.69) is 5.32 Å². The third-order valence-corrected chi connectivity index (χ3v) is 2.81. The summed E-state index contributed by atoms with van der Waals surface area (Å²) in [6.45, 7) is 0.229. The molecule has 2 amide bonds. The number of ether oxygens (including phenoxy) is 1. The molecule has 0 fully saturated rings. The van der Waals surface area contributed by atoms with Crippen molar-refractivity contribution in [3.05, 3.63) is 18.2 Å². The van der Waals surface area contributed by atoms with Crippen molar-refractivity contribution in [3.8, 4) is 5.75 Å². The number of hydrogen-bond acceptors (Lipinski definition) is 4. The molecule has 0 spiro atoms. The van der Waals surface area contributed by atoms with Crippen molar-refractivity contribution in [2.24, 2.45) is 5.73 Å². The van der Waals surface area contributed by atoms with Crippen LogP contribution in [0.25, 0.3) is 0 Å². The number of fused-ring (bicyclic) bond motifs is 1. The summed E-state index contributed by atoms with van der Waals surface area (Å²) < 4.78 is 5.13. The van der Waals surface area contributed by atoms with Gasteiger partial charge in [-0.05, 0) is 12.1 Å². The van der Waals surface area contributed by atoms with Gasteiger partial charge in [-0.3, -0.25) is 9.59 Å². The second-order valence-corrected chi connectivity index (χ2v) is 3.93. The minimum Gasteiger partial charge on any atom is -0.497 e. The lowest BCUT2D eigenvalue weighted by Gasteiger charge is -2.21. The summed E-state index contributed by atoms with van der Waals surface area (Å²) in [6, 6.07) is 5.16. The third-order valence-electron chi connectivity index (χ3n) is 2.81. The van der Waals surface area contributed by atoms with Crippen LogP contribution in [-0.2, 0) is 9.59 Å². The monoisotopic (exact) mass is 249 g/mol. The van der Waals surface area contributed by atoms with E-state index in [0.717, 1.165) is 0 Å². The Bertz CT molecular complexity index is 487. The van der Waals surface area contributed by atoms with Crippen molar-refractivity contribution >= 4 is 23.2 Å². The molecule has 1 heterocycles. The molecule has 0 radical (unpaired) electrons. The molecule has 18 heavy (non-hydrogen) atoms. The number of nitrogens with one attached hydrogen (secondary N) is 1. The first-order valence-electron chi connectivity index (χ1n) is 5.64. The van der Waals surface area contributed by atoms with Crippen molar-refractivity contribution in [2.75, 3.05) is 30.4 Å². The van der Waals surface area contributed by atoms with Gasteiger partial charge in [0, 0.05) is 19.0 Å². The Morgan fingerprint density at radius 3 is 3.00 bits per heavy atom. The molecule has 0 atom stereocenters. The number of methoxy groups -OCH3 is 1. The molecule has 2 rings (SSSR count). The summed E-state index contributed by atoms with van der Waals surface area (Å²) in [5, 5.41) is 2.75. The molecule has 0 aromatic heterocycles. The summed E-state index contributed by atoms with van der Waals surface area (Å²) in [7, 11) is 1.55. The molecular formula is C12H15N3O3. The van der Waals surface area contributed by atoms with Crippen molar-refractivity contribution in [1.82, 2.24) is 0 Å². The van der Waals surface area contributed by atoms with Gasteiger partial charge in [0.25, 0.3) is 0 Å². The number of carbonyl (C=O) groups excluding carboxylic acids is 2. The fourth-order valence-electron chi connectivity index (χ4n) is 1.88. The maximum atomic E-state index is 11.8. The van der Waals surface area contributed by atoms with Gasteiger partial charge in [0.1, 0.15) is 5.75 Å². The normalized spacial score (nSPS) is 14.6. The quantitative estimate of drug-likeness (QED) is 0.791. The minimum atomic E-state index is -0.221. The molecule has 0 bridgehead atoms. The molecule has 0 aliphatic carbocycles. The Morgan fingerprint density at radius 2 is 2.33 bits per heavy atom. The molecule has 6 nitrogen and oxygen atoms in total. The number of rotatable bonds is 2. The van der Waals surface area contributed by atoms with Crippen LogP contribution >= 0.6 is 0 Å². The Morgan fingerprint density at radius 1 is 1.56 bits per heavy atom. The SMILES string of the molecule is COc1ccc2c(c1)N(C(=O)CN)CCC(=O)N2. The smallest absolute Gasteiger partial charge is 0.240 e. The zero-order valence-electron chi connectivity index (χ0n) is 10.1. The van der Waals surface area contributed by atoms with Gasteiger partial charge in [-0.25, -0.2) is 0 Å². The van der Waals surface area contributed by atoms with Crippen LogP contribution in [0, 0.1) is 0 Å². The number of anilines is 2. The number of nitrogens with zero attached hydrogens (tertiary/aromatic N) is 1. The molecule has 1 aliphatic rings. The summed E-state index contributed by atoms with van der Waals surface area (Å²) >= 11 is 0. The van der Waals surface area contributed by atoms with E-state index in [9.17, 15) is 9.59 Å². The molecule has 1 aromatic rings. The molecule has 0 saturated heterocycles. The molecule has 0 saturated carbocycles. The van der Waals surface area contributed by atoms with E-state index in [1.54, 1.807) is 25.3 Å². The average molecular weight is 249 g/mol. The van der Waals surface area contributed by atoms with Crippen LogP contribution in [0.1, 0.15) is 6.42 Å². The topological polar surface area (TPSA) is 84.7 Å². The third kappa shape index (κ3) is 2.28. The highest BCUT2D eigenvalue weighted by atomic mass is 16.5. The molecule has 1 aliphatic heterocycles. The minimum absolute atomic E-state index is 0.0924.